The van der Waals surface area contributed by atoms with Crippen LogP contribution in [0.4, 0.5) is 0 Å². The van der Waals surface area contributed by atoms with Gasteiger partial charge in [-0.15, -0.1) is 0 Å². The van der Waals surface area contributed by atoms with Crippen LogP contribution in [0.1, 0.15) is 35.6 Å². The molecule has 1 saturated carbocycles. The number of nitrogens with one attached hydrogen (secondary N) is 1. The lowest BCUT2D eigenvalue weighted by molar-refractivity contribution is 0.303. The standard InChI is InChI=1S/C19H23NO/c1-14-3-5-15(6-4-14)13-19(20-2)16-7-9-17(10-8-16)21-18-11-12-18/h3-10,18-20H,11-13H2,1-2H3. The van der Waals surface area contributed by atoms with Crippen LogP contribution in [-0.2, 0) is 6.42 Å². The van der Waals surface area contributed by atoms with E-state index in [9.17, 15) is 0 Å². The number of hydrogen-bond acceptors (Lipinski definition) is 2. The lowest BCUT2D eigenvalue weighted by Crippen LogP contribution is -2.18. The second-order valence-electron chi connectivity index (χ2n) is 5.92. The number of hydrogen-bond donors (Lipinski definition) is 1. The minimum Gasteiger partial charge on any atom is -0.490 e. The highest BCUT2D eigenvalue weighted by Crippen LogP contribution is 2.28. The molecule has 0 amide bonds. The Morgan fingerprint density at radius 1 is 1.05 bits per heavy atom. The van der Waals surface area contributed by atoms with E-state index in [0.29, 0.717) is 12.1 Å². The summed E-state index contributed by atoms with van der Waals surface area (Å²) in [7, 11) is 2.02. The minimum atomic E-state index is 0.336. The van der Waals surface area contributed by atoms with E-state index < -0.39 is 0 Å². The van der Waals surface area contributed by atoms with E-state index in [0.717, 1.165) is 12.2 Å². The van der Waals surface area contributed by atoms with Crippen molar-refractivity contribution in [3.05, 3.63) is 65.2 Å². The number of rotatable bonds is 6. The van der Waals surface area contributed by atoms with Gasteiger partial charge < -0.3 is 10.1 Å². The van der Waals surface area contributed by atoms with Gasteiger partial charge in [0.1, 0.15) is 5.75 Å². The first-order valence-corrected chi connectivity index (χ1v) is 7.74. The SMILES string of the molecule is CNC(Cc1ccc(C)cc1)c1ccc(OC2CC2)cc1. The maximum Gasteiger partial charge on any atom is 0.119 e. The molecule has 2 heteroatoms. The van der Waals surface area contributed by atoms with Crippen molar-refractivity contribution in [2.24, 2.45) is 0 Å². The fourth-order valence-electron chi connectivity index (χ4n) is 2.50. The Labute approximate surface area is 127 Å². The van der Waals surface area contributed by atoms with Crippen molar-refractivity contribution in [2.75, 3.05) is 7.05 Å². The molecule has 0 aliphatic heterocycles. The predicted molar refractivity (Wildman–Crippen MR) is 86.8 cm³/mol. The molecule has 1 aliphatic rings. The third-order valence-electron chi connectivity index (χ3n) is 4.02. The Kier molecular flexibility index (Phi) is 4.26. The van der Waals surface area contributed by atoms with Gasteiger partial charge in [-0.3, -0.25) is 0 Å². The van der Waals surface area contributed by atoms with Gasteiger partial charge in [-0.05, 0) is 56.5 Å². The Morgan fingerprint density at radius 3 is 2.29 bits per heavy atom. The zero-order chi connectivity index (χ0) is 14.7. The van der Waals surface area contributed by atoms with E-state index in [1.165, 1.54) is 29.5 Å². The topological polar surface area (TPSA) is 21.3 Å². The van der Waals surface area contributed by atoms with Gasteiger partial charge in [0.15, 0.2) is 0 Å². The van der Waals surface area contributed by atoms with Gasteiger partial charge in [0.25, 0.3) is 0 Å². The average molecular weight is 281 g/mol. The van der Waals surface area contributed by atoms with E-state index in [-0.39, 0.29) is 0 Å². The highest BCUT2D eigenvalue weighted by Gasteiger charge is 2.23. The lowest BCUT2D eigenvalue weighted by atomic mass is 9.98. The highest BCUT2D eigenvalue weighted by molar-refractivity contribution is 5.31. The molecule has 0 radical (unpaired) electrons. The van der Waals surface area contributed by atoms with Crippen molar-refractivity contribution in [3.63, 3.8) is 0 Å². The van der Waals surface area contributed by atoms with E-state index in [1.807, 2.05) is 7.05 Å². The molecule has 1 N–H and O–H groups in total. The summed E-state index contributed by atoms with van der Waals surface area (Å²) >= 11 is 0. The summed E-state index contributed by atoms with van der Waals surface area (Å²) in [5, 5.41) is 3.41. The second-order valence-corrected chi connectivity index (χ2v) is 5.92. The average Bonchev–Trinajstić information content (AvgIpc) is 3.32. The summed E-state index contributed by atoms with van der Waals surface area (Å²) in [6.45, 7) is 2.12. The highest BCUT2D eigenvalue weighted by atomic mass is 16.5. The molecule has 2 nitrogen and oxygen atoms in total. The second kappa shape index (κ2) is 6.31. The molecule has 1 fully saturated rings. The van der Waals surface area contributed by atoms with Crippen LogP contribution < -0.4 is 10.1 Å². The Balaban J connectivity index is 1.68. The zero-order valence-electron chi connectivity index (χ0n) is 12.8. The van der Waals surface area contributed by atoms with Crippen LogP contribution in [0.2, 0.25) is 0 Å². The first kappa shape index (κ1) is 14.2. The summed E-state index contributed by atoms with van der Waals surface area (Å²) in [6.07, 6.45) is 3.87. The van der Waals surface area contributed by atoms with Crippen LogP contribution in [-0.4, -0.2) is 13.2 Å². The van der Waals surface area contributed by atoms with Gasteiger partial charge in [0.05, 0.1) is 6.10 Å². The fraction of sp³-hybridized carbons (Fsp3) is 0.368. The fourth-order valence-corrected chi connectivity index (χ4v) is 2.50. The van der Waals surface area contributed by atoms with Crippen molar-refractivity contribution >= 4 is 0 Å². The van der Waals surface area contributed by atoms with Gasteiger partial charge in [-0.2, -0.15) is 0 Å². The third kappa shape index (κ3) is 3.85. The predicted octanol–water partition coefficient (Wildman–Crippen LogP) is 4.04. The van der Waals surface area contributed by atoms with Gasteiger partial charge in [0.2, 0.25) is 0 Å². The van der Waals surface area contributed by atoms with E-state index >= 15 is 0 Å². The van der Waals surface area contributed by atoms with Gasteiger partial charge >= 0.3 is 0 Å². The first-order valence-electron chi connectivity index (χ1n) is 7.74. The van der Waals surface area contributed by atoms with Crippen molar-refractivity contribution in [1.82, 2.24) is 5.32 Å². The molecular formula is C19H23NO. The van der Waals surface area contributed by atoms with E-state index in [1.54, 1.807) is 0 Å². The molecular weight excluding hydrogens is 258 g/mol. The van der Waals surface area contributed by atoms with Gasteiger partial charge in [-0.25, -0.2) is 0 Å². The van der Waals surface area contributed by atoms with Crippen LogP contribution in [0.3, 0.4) is 0 Å². The molecule has 0 bridgehead atoms. The smallest absolute Gasteiger partial charge is 0.119 e. The van der Waals surface area contributed by atoms with Crippen LogP contribution in [0.15, 0.2) is 48.5 Å². The molecule has 0 saturated heterocycles. The first-order chi connectivity index (χ1) is 10.2. The van der Waals surface area contributed by atoms with Crippen molar-refractivity contribution in [2.45, 2.75) is 38.3 Å². The van der Waals surface area contributed by atoms with E-state index in [2.05, 4.69) is 60.8 Å². The van der Waals surface area contributed by atoms with Crippen molar-refractivity contribution < 1.29 is 4.74 Å². The maximum atomic E-state index is 5.80. The van der Waals surface area contributed by atoms with Crippen LogP contribution in [0, 0.1) is 6.92 Å². The van der Waals surface area contributed by atoms with Crippen molar-refractivity contribution in [3.8, 4) is 5.75 Å². The summed E-state index contributed by atoms with van der Waals surface area (Å²) in [4.78, 5) is 0. The minimum absolute atomic E-state index is 0.336. The largest absolute Gasteiger partial charge is 0.490 e. The summed E-state index contributed by atoms with van der Waals surface area (Å²) in [5.41, 5.74) is 3.97. The summed E-state index contributed by atoms with van der Waals surface area (Å²) < 4.78 is 5.80. The molecule has 1 unspecified atom stereocenters. The molecule has 1 aliphatic carbocycles. The Bertz CT molecular complexity index is 570. The Hall–Kier alpha value is -1.80. The maximum absolute atomic E-state index is 5.80. The number of ether oxygens (including phenoxy) is 1. The van der Waals surface area contributed by atoms with Gasteiger partial charge in [0, 0.05) is 6.04 Å². The van der Waals surface area contributed by atoms with Crippen LogP contribution in [0.25, 0.3) is 0 Å². The third-order valence-corrected chi connectivity index (χ3v) is 4.02. The molecule has 110 valence electrons. The van der Waals surface area contributed by atoms with E-state index in [4.69, 9.17) is 4.74 Å². The lowest BCUT2D eigenvalue weighted by Gasteiger charge is -2.17. The quantitative estimate of drug-likeness (QED) is 0.863. The van der Waals surface area contributed by atoms with Crippen molar-refractivity contribution in [1.29, 1.82) is 0 Å². The number of aryl methyl sites for hydroxylation is 1. The van der Waals surface area contributed by atoms with Crippen LogP contribution in [0.5, 0.6) is 5.75 Å². The molecule has 0 heterocycles. The monoisotopic (exact) mass is 281 g/mol. The molecule has 2 aromatic carbocycles. The summed E-state index contributed by atoms with van der Waals surface area (Å²) in [5.74, 6) is 0.992. The molecule has 21 heavy (non-hydrogen) atoms. The molecule has 0 aromatic heterocycles. The molecule has 3 rings (SSSR count). The van der Waals surface area contributed by atoms with Crippen LogP contribution >= 0.6 is 0 Å². The Morgan fingerprint density at radius 2 is 1.71 bits per heavy atom. The molecule has 1 atom stereocenters. The number of benzene rings is 2. The summed E-state index contributed by atoms with van der Waals surface area (Å²) in [6, 6.07) is 17.6. The number of likely N-dealkylation sites (N-methyl/N-ethyl adjacent to an activating group) is 1. The zero-order valence-corrected chi connectivity index (χ0v) is 12.8. The molecule has 2 aromatic rings. The molecule has 0 spiro atoms. The normalized spacial score (nSPS) is 15.7. The van der Waals surface area contributed by atoms with Gasteiger partial charge in [-0.1, -0.05) is 42.0 Å².